The number of carbonyl (C=O) groups excluding carboxylic acids is 1. The summed E-state index contributed by atoms with van der Waals surface area (Å²) in [6, 6.07) is 29.7. The first-order valence-electron chi connectivity index (χ1n) is 10.3. The molecule has 4 aromatic carbocycles. The maximum Gasteiger partial charge on any atom is 0.251 e. The van der Waals surface area contributed by atoms with Crippen LogP contribution >= 0.6 is 0 Å². The average Bonchev–Trinajstić information content (AvgIpc) is 2.83. The maximum atomic E-state index is 12.6. The molecule has 4 nitrogen and oxygen atoms in total. The molecule has 0 saturated carbocycles. The fourth-order valence-corrected chi connectivity index (χ4v) is 3.52. The summed E-state index contributed by atoms with van der Waals surface area (Å²) in [5, 5.41) is 5.28. The third-order valence-electron chi connectivity index (χ3n) is 5.20. The van der Waals surface area contributed by atoms with E-state index in [2.05, 4.69) is 29.6 Å². The molecule has 4 heteroatoms. The van der Waals surface area contributed by atoms with Gasteiger partial charge in [0.05, 0.1) is 7.11 Å². The molecular formula is C27H25NO3. The fourth-order valence-electron chi connectivity index (χ4n) is 3.52. The predicted octanol–water partition coefficient (Wildman–Crippen LogP) is 5.40. The van der Waals surface area contributed by atoms with Crippen LogP contribution in [0.1, 0.15) is 21.5 Å². The highest BCUT2D eigenvalue weighted by molar-refractivity contribution is 5.94. The number of nitrogens with one attached hydrogen (secondary N) is 1. The minimum Gasteiger partial charge on any atom is -0.496 e. The van der Waals surface area contributed by atoms with E-state index in [9.17, 15) is 4.79 Å². The average molecular weight is 412 g/mol. The van der Waals surface area contributed by atoms with E-state index in [4.69, 9.17) is 9.47 Å². The first kappa shape index (κ1) is 20.5. The Labute approximate surface area is 182 Å². The molecule has 0 aliphatic carbocycles. The minimum atomic E-state index is -0.106. The molecule has 31 heavy (non-hydrogen) atoms. The summed E-state index contributed by atoms with van der Waals surface area (Å²) >= 11 is 0. The van der Waals surface area contributed by atoms with Gasteiger partial charge in [0.15, 0.2) is 0 Å². The molecule has 0 atom stereocenters. The highest BCUT2D eigenvalue weighted by atomic mass is 16.5. The van der Waals surface area contributed by atoms with Crippen molar-refractivity contribution >= 4 is 16.7 Å². The number of rotatable bonds is 8. The van der Waals surface area contributed by atoms with Crippen LogP contribution in [0.5, 0.6) is 11.5 Å². The number of benzene rings is 4. The van der Waals surface area contributed by atoms with Gasteiger partial charge in [0.25, 0.3) is 5.91 Å². The van der Waals surface area contributed by atoms with Gasteiger partial charge in [0.2, 0.25) is 0 Å². The molecule has 0 bridgehead atoms. The topological polar surface area (TPSA) is 47.6 Å². The Morgan fingerprint density at radius 3 is 2.42 bits per heavy atom. The smallest absolute Gasteiger partial charge is 0.251 e. The van der Waals surface area contributed by atoms with Crippen molar-refractivity contribution in [3.63, 3.8) is 0 Å². The first-order valence-corrected chi connectivity index (χ1v) is 10.3. The van der Waals surface area contributed by atoms with Crippen LogP contribution in [0.25, 0.3) is 10.8 Å². The van der Waals surface area contributed by atoms with Crippen molar-refractivity contribution < 1.29 is 14.3 Å². The van der Waals surface area contributed by atoms with Crippen molar-refractivity contribution in [2.45, 2.75) is 13.0 Å². The van der Waals surface area contributed by atoms with Crippen LogP contribution in [-0.4, -0.2) is 19.6 Å². The van der Waals surface area contributed by atoms with Gasteiger partial charge in [-0.25, -0.2) is 0 Å². The van der Waals surface area contributed by atoms with Crippen LogP contribution in [0.4, 0.5) is 0 Å². The fraction of sp³-hybridized carbons (Fsp3) is 0.148. The van der Waals surface area contributed by atoms with Crippen molar-refractivity contribution in [3.05, 3.63) is 108 Å². The second-order valence-corrected chi connectivity index (χ2v) is 7.32. The summed E-state index contributed by atoms with van der Waals surface area (Å²) in [4.78, 5) is 12.6. The van der Waals surface area contributed by atoms with E-state index >= 15 is 0 Å². The lowest BCUT2D eigenvalue weighted by Crippen LogP contribution is -2.25. The number of fused-ring (bicyclic) bond motifs is 1. The van der Waals surface area contributed by atoms with Crippen LogP contribution in [0.3, 0.4) is 0 Å². The second kappa shape index (κ2) is 9.81. The highest BCUT2D eigenvalue weighted by Gasteiger charge is 2.11. The molecule has 156 valence electrons. The third-order valence-corrected chi connectivity index (χ3v) is 5.20. The zero-order valence-electron chi connectivity index (χ0n) is 17.5. The Morgan fingerprint density at radius 2 is 1.61 bits per heavy atom. The zero-order valence-corrected chi connectivity index (χ0v) is 17.5. The maximum absolute atomic E-state index is 12.6. The molecule has 0 aliphatic rings. The zero-order chi connectivity index (χ0) is 21.5. The van der Waals surface area contributed by atoms with Crippen molar-refractivity contribution in [2.75, 3.05) is 13.7 Å². The molecule has 4 aromatic rings. The second-order valence-electron chi connectivity index (χ2n) is 7.32. The van der Waals surface area contributed by atoms with Gasteiger partial charge in [-0.15, -0.1) is 0 Å². The van der Waals surface area contributed by atoms with E-state index in [1.54, 1.807) is 13.2 Å². The predicted molar refractivity (Wildman–Crippen MR) is 124 cm³/mol. The van der Waals surface area contributed by atoms with Gasteiger partial charge >= 0.3 is 0 Å². The van der Waals surface area contributed by atoms with Crippen LogP contribution in [0, 0.1) is 0 Å². The van der Waals surface area contributed by atoms with Gasteiger partial charge in [-0.1, -0.05) is 60.7 Å². The van der Waals surface area contributed by atoms with Crippen LogP contribution in [0.2, 0.25) is 0 Å². The Bertz CT molecular complexity index is 1170. The molecule has 0 aliphatic heterocycles. The Hall–Kier alpha value is -3.79. The Kier molecular flexibility index (Phi) is 6.48. The van der Waals surface area contributed by atoms with Crippen molar-refractivity contribution in [1.29, 1.82) is 0 Å². The Morgan fingerprint density at radius 1 is 0.839 bits per heavy atom. The molecule has 0 unspecified atom stereocenters. The van der Waals surface area contributed by atoms with Gasteiger partial charge in [-0.2, -0.15) is 0 Å². The lowest BCUT2D eigenvalue weighted by Gasteiger charge is -2.13. The van der Waals surface area contributed by atoms with Crippen LogP contribution < -0.4 is 14.8 Å². The summed E-state index contributed by atoms with van der Waals surface area (Å²) in [6.45, 7) is 0.893. The molecule has 0 aromatic heterocycles. The number of amides is 1. The Balaban J connectivity index is 1.41. The summed E-state index contributed by atoms with van der Waals surface area (Å²) in [7, 11) is 1.62. The van der Waals surface area contributed by atoms with E-state index in [-0.39, 0.29) is 5.91 Å². The number of hydrogen-bond acceptors (Lipinski definition) is 3. The standard InChI is InChI=1S/C27H25NO3/c1-30-26-14-12-23(27(29)28-16-15-20-7-3-2-4-8-20)17-24(26)19-31-25-13-11-21-9-5-6-10-22(21)18-25/h2-14,17-18H,15-16,19H2,1H3,(H,28,29). The van der Waals surface area contributed by atoms with E-state index in [1.807, 2.05) is 60.7 Å². The summed E-state index contributed by atoms with van der Waals surface area (Å²) in [6.07, 6.45) is 0.792. The number of carbonyl (C=O) groups is 1. The molecule has 1 amide bonds. The van der Waals surface area contributed by atoms with E-state index in [0.717, 1.165) is 23.1 Å². The first-order chi connectivity index (χ1) is 15.2. The SMILES string of the molecule is COc1ccc(C(=O)NCCc2ccccc2)cc1COc1ccc2ccccc2c1. The van der Waals surface area contributed by atoms with Gasteiger partial charge in [-0.05, 0) is 53.1 Å². The normalized spacial score (nSPS) is 10.6. The van der Waals surface area contributed by atoms with Crippen molar-refractivity contribution in [3.8, 4) is 11.5 Å². The summed E-state index contributed by atoms with van der Waals surface area (Å²) in [5.74, 6) is 1.37. The molecule has 4 rings (SSSR count). The van der Waals surface area contributed by atoms with Crippen LogP contribution in [-0.2, 0) is 13.0 Å². The van der Waals surface area contributed by atoms with Crippen LogP contribution in [0.15, 0.2) is 91.0 Å². The van der Waals surface area contributed by atoms with Crippen molar-refractivity contribution in [1.82, 2.24) is 5.32 Å². The molecular weight excluding hydrogens is 386 g/mol. The van der Waals surface area contributed by atoms with E-state index in [0.29, 0.717) is 24.5 Å². The number of ether oxygens (including phenoxy) is 2. The van der Waals surface area contributed by atoms with Gasteiger partial charge in [0, 0.05) is 17.7 Å². The molecule has 0 saturated heterocycles. The molecule has 0 radical (unpaired) electrons. The van der Waals surface area contributed by atoms with E-state index < -0.39 is 0 Å². The summed E-state index contributed by atoms with van der Waals surface area (Å²) < 4.78 is 11.5. The lowest BCUT2D eigenvalue weighted by molar-refractivity contribution is 0.0954. The summed E-state index contributed by atoms with van der Waals surface area (Å²) in [5.41, 5.74) is 2.61. The quantitative estimate of drug-likeness (QED) is 0.422. The van der Waals surface area contributed by atoms with Gasteiger partial charge < -0.3 is 14.8 Å². The molecule has 0 spiro atoms. The lowest BCUT2D eigenvalue weighted by atomic mass is 10.1. The van der Waals surface area contributed by atoms with E-state index in [1.165, 1.54) is 10.9 Å². The van der Waals surface area contributed by atoms with Gasteiger partial charge in [0.1, 0.15) is 18.1 Å². The monoisotopic (exact) mass is 411 g/mol. The largest absolute Gasteiger partial charge is 0.496 e. The molecule has 1 N–H and O–H groups in total. The third kappa shape index (κ3) is 5.23. The number of methoxy groups -OCH3 is 1. The number of hydrogen-bond donors (Lipinski definition) is 1. The minimum absolute atomic E-state index is 0.106. The molecule has 0 heterocycles. The molecule has 0 fully saturated rings. The highest BCUT2D eigenvalue weighted by Crippen LogP contribution is 2.25. The van der Waals surface area contributed by atoms with Gasteiger partial charge in [-0.3, -0.25) is 4.79 Å². The van der Waals surface area contributed by atoms with Crippen molar-refractivity contribution in [2.24, 2.45) is 0 Å².